The summed E-state index contributed by atoms with van der Waals surface area (Å²) in [6.45, 7) is 3.34. The molecule has 0 aliphatic carbocycles. The normalized spacial score (nSPS) is 15.6. The van der Waals surface area contributed by atoms with Crippen LogP contribution < -0.4 is 0 Å². The topological polar surface area (TPSA) is 64.4 Å². The zero-order valence-corrected chi connectivity index (χ0v) is 26.8. The van der Waals surface area contributed by atoms with E-state index in [9.17, 15) is 14.3 Å². The number of carbonyl (C=O) groups is 1. The molecular weight excluding hydrogens is 597 g/mol. The summed E-state index contributed by atoms with van der Waals surface area (Å²) >= 11 is 12.7. The third-order valence-corrected chi connectivity index (χ3v) is 10.3. The fourth-order valence-corrected chi connectivity index (χ4v) is 7.31. The third-order valence-electron chi connectivity index (χ3n) is 8.55. The van der Waals surface area contributed by atoms with Crippen molar-refractivity contribution in [2.45, 2.75) is 36.0 Å². The lowest BCUT2D eigenvalue weighted by molar-refractivity contribution is 0.0783. The number of nitrogens with zero attached hydrogens (tertiary/aromatic N) is 3. The molecular formula is C35H35Cl2N3O2S. The molecule has 1 amide bonds. The maximum atomic E-state index is 13.8. The standard InChI is InChI=1S/C35H35Cl2N3O2S/c1-39(35(41)30-8-5-6-25-11-10-24(22-38)20-31(25)30)23-28(27-12-13-32(36)33(37)21-27)16-19-40-17-14-26(15-18-40)29-7-3-4-9-34(29)43(2)42/h3-13,20-21,26,28H,14-19,23H2,1-2H3/t28-,43?/m1/s1. The van der Waals surface area contributed by atoms with Crippen LogP contribution in [0.4, 0.5) is 0 Å². The van der Waals surface area contributed by atoms with Crippen molar-refractivity contribution in [3.05, 3.63) is 111 Å². The van der Waals surface area contributed by atoms with E-state index in [4.69, 9.17) is 23.2 Å². The molecule has 222 valence electrons. The van der Waals surface area contributed by atoms with E-state index in [1.807, 2.05) is 67.7 Å². The Balaban J connectivity index is 1.30. The quantitative estimate of drug-likeness (QED) is 0.188. The van der Waals surface area contributed by atoms with E-state index in [2.05, 4.69) is 17.0 Å². The number of likely N-dealkylation sites (N-methyl/N-ethyl adjacent to an activating group) is 1. The van der Waals surface area contributed by atoms with Gasteiger partial charge in [-0.3, -0.25) is 9.00 Å². The van der Waals surface area contributed by atoms with Gasteiger partial charge in [-0.1, -0.05) is 65.7 Å². The summed E-state index contributed by atoms with van der Waals surface area (Å²) in [5.41, 5.74) is 3.37. The predicted molar refractivity (Wildman–Crippen MR) is 177 cm³/mol. The van der Waals surface area contributed by atoms with Gasteiger partial charge in [0.15, 0.2) is 0 Å². The summed E-state index contributed by atoms with van der Waals surface area (Å²) in [5, 5.41) is 12.1. The highest BCUT2D eigenvalue weighted by Crippen LogP contribution is 2.33. The van der Waals surface area contributed by atoms with Gasteiger partial charge in [-0.15, -0.1) is 0 Å². The van der Waals surface area contributed by atoms with Gasteiger partial charge in [0.25, 0.3) is 5.91 Å². The fraction of sp³-hybridized carbons (Fsp3) is 0.314. The number of nitriles is 1. The second kappa shape index (κ2) is 14.1. The molecule has 1 unspecified atom stereocenters. The third kappa shape index (κ3) is 7.30. The second-order valence-corrected chi connectivity index (χ2v) is 13.5. The summed E-state index contributed by atoms with van der Waals surface area (Å²) in [7, 11) is 0.835. The van der Waals surface area contributed by atoms with Crippen molar-refractivity contribution in [3.8, 4) is 6.07 Å². The molecule has 5 rings (SSSR count). The number of carbonyl (C=O) groups excluding carboxylic acids is 1. The van der Waals surface area contributed by atoms with Gasteiger partial charge in [0, 0.05) is 36.2 Å². The predicted octanol–water partition coefficient (Wildman–Crippen LogP) is 7.88. The molecule has 43 heavy (non-hydrogen) atoms. The van der Waals surface area contributed by atoms with Crippen molar-refractivity contribution in [2.24, 2.45) is 0 Å². The first kappa shape index (κ1) is 31.2. The smallest absolute Gasteiger partial charge is 0.254 e. The van der Waals surface area contributed by atoms with Crippen LogP contribution in [0.2, 0.25) is 10.0 Å². The minimum atomic E-state index is -0.999. The van der Waals surface area contributed by atoms with Gasteiger partial charge in [-0.2, -0.15) is 5.26 Å². The van der Waals surface area contributed by atoms with E-state index in [1.165, 1.54) is 5.56 Å². The number of fused-ring (bicyclic) bond motifs is 1. The maximum Gasteiger partial charge on any atom is 0.254 e. The SMILES string of the molecule is CN(C[C@@H](CCN1CCC(c2ccccc2S(C)=O)CC1)c1ccc(Cl)c(Cl)c1)C(=O)c1cccc2ccc(C#N)cc12. The summed E-state index contributed by atoms with van der Waals surface area (Å²) in [6, 6.07) is 27.1. The molecule has 0 N–H and O–H groups in total. The van der Waals surface area contributed by atoms with Gasteiger partial charge < -0.3 is 9.80 Å². The fourth-order valence-electron chi connectivity index (χ4n) is 6.16. The molecule has 1 aliphatic heterocycles. The first-order valence-corrected chi connectivity index (χ1v) is 16.8. The molecule has 1 saturated heterocycles. The number of hydrogen-bond acceptors (Lipinski definition) is 4. The molecule has 0 spiro atoms. The molecule has 5 nitrogen and oxygen atoms in total. The van der Waals surface area contributed by atoms with E-state index in [0.29, 0.717) is 33.6 Å². The molecule has 0 aromatic heterocycles. The summed E-state index contributed by atoms with van der Waals surface area (Å²) in [5.74, 6) is 0.376. The number of benzene rings is 4. The number of piperidine rings is 1. The Morgan fingerprint density at radius 1 is 1.02 bits per heavy atom. The summed E-state index contributed by atoms with van der Waals surface area (Å²) in [6.07, 6.45) is 4.65. The molecule has 4 aromatic rings. The number of hydrogen-bond donors (Lipinski definition) is 0. The average Bonchev–Trinajstić information content (AvgIpc) is 3.03. The molecule has 0 saturated carbocycles. The lowest BCUT2D eigenvalue weighted by Crippen LogP contribution is -2.36. The van der Waals surface area contributed by atoms with Gasteiger partial charge in [0.2, 0.25) is 0 Å². The van der Waals surface area contributed by atoms with Crippen LogP contribution in [0.1, 0.15) is 58.1 Å². The van der Waals surface area contributed by atoms with E-state index >= 15 is 0 Å². The number of likely N-dealkylation sites (tertiary alicyclic amines) is 1. The van der Waals surface area contributed by atoms with E-state index in [0.717, 1.165) is 60.1 Å². The first-order chi connectivity index (χ1) is 20.7. The van der Waals surface area contributed by atoms with Crippen LogP contribution in [0.25, 0.3) is 10.8 Å². The van der Waals surface area contributed by atoms with Crippen molar-refractivity contribution < 1.29 is 9.00 Å². The lowest BCUT2D eigenvalue weighted by Gasteiger charge is -2.34. The van der Waals surface area contributed by atoms with E-state index in [1.54, 1.807) is 23.3 Å². The van der Waals surface area contributed by atoms with Crippen molar-refractivity contribution in [1.29, 1.82) is 5.26 Å². The monoisotopic (exact) mass is 631 g/mol. The maximum absolute atomic E-state index is 13.8. The highest BCUT2D eigenvalue weighted by molar-refractivity contribution is 7.84. The van der Waals surface area contributed by atoms with Crippen molar-refractivity contribution in [2.75, 3.05) is 39.5 Å². The highest BCUT2D eigenvalue weighted by Gasteiger charge is 2.26. The van der Waals surface area contributed by atoms with Crippen LogP contribution in [-0.2, 0) is 10.8 Å². The highest BCUT2D eigenvalue weighted by atomic mass is 35.5. The van der Waals surface area contributed by atoms with Crippen LogP contribution in [0.3, 0.4) is 0 Å². The van der Waals surface area contributed by atoms with Gasteiger partial charge >= 0.3 is 0 Å². The molecule has 1 aliphatic rings. The van der Waals surface area contributed by atoms with Crippen molar-refractivity contribution in [1.82, 2.24) is 9.80 Å². The molecule has 4 aromatic carbocycles. The second-order valence-electron chi connectivity index (χ2n) is 11.3. The molecule has 1 fully saturated rings. The van der Waals surface area contributed by atoms with E-state index < -0.39 is 10.8 Å². The number of halogens is 2. The van der Waals surface area contributed by atoms with Crippen molar-refractivity contribution >= 4 is 50.7 Å². The van der Waals surface area contributed by atoms with Crippen LogP contribution in [0.15, 0.2) is 83.8 Å². The minimum absolute atomic E-state index is 0.0503. The molecule has 0 radical (unpaired) electrons. The van der Waals surface area contributed by atoms with Gasteiger partial charge in [-0.05, 0) is 103 Å². The Hall–Kier alpha value is -3.21. The van der Waals surface area contributed by atoms with Crippen LogP contribution in [0, 0.1) is 11.3 Å². The summed E-state index contributed by atoms with van der Waals surface area (Å²) in [4.78, 5) is 19.0. The van der Waals surface area contributed by atoms with Gasteiger partial charge in [0.1, 0.15) is 0 Å². The molecule has 1 heterocycles. The zero-order valence-electron chi connectivity index (χ0n) is 24.4. The Bertz CT molecular complexity index is 1690. The largest absolute Gasteiger partial charge is 0.341 e. The zero-order chi connectivity index (χ0) is 30.5. The van der Waals surface area contributed by atoms with Gasteiger partial charge in [0.05, 0.1) is 32.5 Å². The Kier molecular flexibility index (Phi) is 10.2. The average molecular weight is 633 g/mol. The Labute approximate surface area is 266 Å². The van der Waals surface area contributed by atoms with Crippen LogP contribution in [-0.4, -0.2) is 59.4 Å². The van der Waals surface area contributed by atoms with Crippen LogP contribution >= 0.6 is 23.2 Å². The molecule has 8 heteroatoms. The number of amides is 1. The van der Waals surface area contributed by atoms with Crippen LogP contribution in [0.5, 0.6) is 0 Å². The first-order valence-electron chi connectivity index (χ1n) is 14.5. The van der Waals surface area contributed by atoms with Gasteiger partial charge in [-0.25, -0.2) is 0 Å². The molecule has 0 bridgehead atoms. The minimum Gasteiger partial charge on any atom is -0.341 e. The Morgan fingerprint density at radius 3 is 2.51 bits per heavy atom. The summed E-state index contributed by atoms with van der Waals surface area (Å²) < 4.78 is 12.3. The number of rotatable bonds is 9. The Morgan fingerprint density at radius 2 is 1.79 bits per heavy atom. The lowest BCUT2D eigenvalue weighted by atomic mass is 9.88. The van der Waals surface area contributed by atoms with Crippen molar-refractivity contribution in [3.63, 3.8) is 0 Å². The molecule has 2 atom stereocenters. The van der Waals surface area contributed by atoms with E-state index in [-0.39, 0.29) is 11.8 Å².